The number of carbonyl (C=O) groups is 1. The van der Waals surface area contributed by atoms with Gasteiger partial charge >= 0.3 is 0 Å². The number of piperidine rings is 3. The van der Waals surface area contributed by atoms with Crippen LogP contribution < -0.4 is 19.7 Å². The Morgan fingerprint density at radius 2 is 1.88 bits per heavy atom. The molecule has 4 fully saturated rings. The highest BCUT2D eigenvalue weighted by Crippen LogP contribution is 2.37. The van der Waals surface area contributed by atoms with Crippen LogP contribution in [0.3, 0.4) is 0 Å². The average molecular weight is 465 g/mol. The van der Waals surface area contributed by atoms with E-state index in [1.807, 2.05) is 18.5 Å². The number of nitrogens with one attached hydrogen (secondary N) is 1. The number of rotatable bonds is 6. The molecule has 2 bridgehead atoms. The first-order chi connectivity index (χ1) is 16.7. The molecular formula is C25H32N6O3. The summed E-state index contributed by atoms with van der Waals surface area (Å²) in [5, 5.41) is 3.16. The molecule has 4 unspecified atom stereocenters. The number of carbonyl (C=O) groups excluding carboxylic acids is 1. The number of hydrogen-bond donors (Lipinski definition) is 1. The standard InChI is InChI=1S/C25H32N6O3/c32-24(19-2-3-22-23(13-19)34-17-33-22)28-14-21-12-18-4-7-31(21)16-20(18)15-29-8-10-30(11-9-29)25-26-5-1-6-27-25/h1-3,5-6,13,18,20-21H,4,7-12,14-17H2,(H,28,32). The van der Waals surface area contributed by atoms with Gasteiger partial charge in [-0.2, -0.15) is 0 Å². The molecule has 34 heavy (non-hydrogen) atoms. The highest BCUT2D eigenvalue weighted by Gasteiger charge is 2.40. The molecule has 2 aromatic rings. The van der Waals surface area contributed by atoms with Crippen LogP contribution in [0, 0.1) is 11.8 Å². The number of anilines is 1. The second-order valence-corrected chi connectivity index (χ2v) is 9.81. The van der Waals surface area contributed by atoms with Crippen LogP contribution in [0.4, 0.5) is 5.95 Å². The Hall–Kier alpha value is -2.91. The molecule has 6 heterocycles. The Balaban J connectivity index is 0.979. The van der Waals surface area contributed by atoms with Gasteiger partial charge in [-0.1, -0.05) is 0 Å². The van der Waals surface area contributed by atoms with Crippen molar-refractivity contribution in [3.8, 4) is 11.5 Å². The van der Waals surface area contributed by atoms with E-state index in [1.54, 1.807) is 18.2 Å². The second kappa shape index (κ2) is 9.38. The molecule has 0 spiro atoms. The van der Waals surface area contributed by atoms with Gasteiger partial charge in [0.25, 0.3) is 5.91 Å². The lowest BCUT2D eigenvalue weighted by Crippen LogP contribution is -2.59. The lowest BCUT2D eigenvalue weighted by atomic mass is 9.75. The summed E-state index contributed by atoms with van der Waals surface area (Å²) in [6.07, 6.45) is 6.07. The Labute approximate surface area is 200 Å². The van der Waals surface area contributed by atoms with Gasteiger partial charge in [-0.3, -0.25) is 14.6 Å². The van der Waals surface area contributed by atoms with Gasteiger partial charge in [0.2, 0.25) is 12.7 Å². The largest absolute Gasteiger partial charge is 0.454 e. The highest BCUT2D eigenvalue weighted by atomic mass is 16.7. The third kappa shape index (κ3) is 4.42. The molecule has 0 saturated carbocycles. The van der Waals surface area contributed by atoms with Crippen LogP contribution in [0.1, 0.15) is 23.2 Å². The van der Waals surface area contributed by atoms with Gasteiger partial charge < -0.3 is 19.7 Å². The van der Waals surface area contributed by atoms with Crippen molar-refractivity contribution in [1.82, 2.24) is 25.1 Å². The minimum absolute atomic E-state index is 0.0437. The molecule has 0 radical (unpaired) electrons. The zero-order chi connectivity index (χ0) is 22.9. The fourth-order valence-corrected chi connectivity index (χ4v) is 5.94. The first kappa shape index (κ1) is 21.6. The van der Waals surface area contributed by atoms with Gasteiger partial charge in [0.05, 0.1) is 0 Å². The molecule has 180 valence electrons. The van der Waals surface area contributed by atoms with E-state index in [2.05, 4.69) is 30.0 Å². The lowest BCUT2D eigenvalue weighted by Gasteiger charge is -2.51. The van der Waals surface area contributed by atoms with Gasteiger partial charge in [0.15, 0.2) is 11.5 Å². The molecule has 5 aliphatic heterocycles. The van der Waals surface area contributed by atoms with Crippen molar-refractivity contribution in [3.63, 3.8) is 0 Å². The molecule has 1 aromatic heterocycles. The monoisotopic (exact) mass is 464 g/mol. The molecule has 7 rings (SSSR count). The maximum atomic E-state index is 12.7. The highest BCUT2D eigenvalue weighted by molar-refractivity contribution is 5.94. The van der Waals surface area contributed by atoms with Gasteiger partial charge in [0.1, 0.15) is 0 Å². The van der Waals surface area contributed by atoms with E-state index in [0.29, 0.717) is 35.6 Å². The number of fused-ring (bicyclic) bond motifs is 4. The van der Waals surface area contributed by atoms with Crippen molar-refractivity contribution in [2.75, 3.05) is 64.1 Å². The fraction of sp³-hybridized carbons (Fsp3) is 0.560. The molecule has 5 aliphatic rings. The smallest absolute Gasteiger partial charge is 0.251 e. The molecule has 1 aromatic carbocycles. The molecule has 1 N–H and O–H groups in total. The summed E-state index contributed by atoms with van der Waals surface area (Å²) in [5.74, 6) is 3.61. The summed E-state index contributed by atoms with van der Waals surface area (Å²) in [6.45, 7) is 8.47. The van der Waals surface area contributed by atoms with Gasteiger partial charge in [-0.15, -0.1) is 0 Å². The molecule has 1 amide bonds. The number of benzene rings is 1. The Kier molecular flexibility index (Phi) is 5.97. The number of aromatic nitrogens is 2. The maximum absolute atomic E-state index is 12.7. The summed E-state index contributed by atoms with van der Waals surface area (Å²) in [5.41, 5.74) is 0.623. The summed E-state index contributed by atoms with van der Waals surface area (Å²) in [4.78, 5) is 29.0. The van der Waals surface area contributed by atoms with Crippen molar-refractivity contribution >= 4 is 11.9 Å². The molecule has 9 nitrogen and oxygen atoms in total. The topological polar surface area (TPSA) is 83.1 Å². The van der Waals surface area contributed by atoms with E-state index in [1.165, 1.54) is 19.4 Å². The van der Waals surface area contributed by atoms with Crippen LogP contribution in [0.25, 0.3) is 0 Å². The molecule has 4 saturated heterocycles. The fourth-order valence-electron chi connectivity index (χ4n) is 5.94. The van der Waals surface area contributed by atoms with Crippen LogP contribution >= 0.6 is 0 Å². The summed E-state index contributed by atoms with van der Waals surface area (Å²) >= 11 is 0. The van der Waals surface area contributed by atoms with E-state index in [0.717, 1.165) is 51.1 Å². The Bertz CT molecular complexity index is 1010. The van der Waals surface area contributed by atoms with Crippen LogP contribution in [-0.4, -0.2) is 90.9 Å². The van der Waals surface area contributed by atoms with E-state index >= 15 is 0 Å². The predicted molar refractivity (Wildman–Crippen MR) is 127 cm³/mol. The summed E-state index contributed by atoms with van der Waals surface area (Å²) in [6, 6.07) is 7.67. The summed E-state index contributed by atoms with van der Waals surface area (Å²) in [7, 11) is 0. The van der Waals surface area contributed by atoms with Gasteiger partial charge in [0, 0.05) is 69.8 Å². The SMILES string of the molecule is O=C(NCC1CC2CCN1CC2CN1CCN(c2ncccn2)CC1)c1ccc2c(c1)OCO2. The quantitative estimate of drug-likeness (QED) is 0.688. The first-order valence-electron chi connectivity index (χ1n) is 12.4. The Morgan fingerprint density at radius 3 is 2.68 bits per heavy atom. The van der Waals surface area contributed by atoms with Crippen molar-refractivity contribution in [2.24, 2.45) is 11.8 Å². The van der Waals surface area contributed by atoms with E-state index in [9.17, 15) is 4.79 Å². The van der Waals surface area contributed by atoms with E-state index in [-0.39, 0.29) is 12.7 Å². The zero-order valence-electron chi connectivity index (χ0n) is 19.4. The number of amides is 1. The normalized spacial score (nSPS) is 28.2. The lowest BCUT2D eigenvalue weighted by molar-refractivity contribution is -0.0120. The third-order valence-corrected chi connectivity index (χ3v) is 7.85. The van der Waals surface area contributed by atoms with Crippen LogP contribution in [0.5, 0.6) is 11.5 Å². The predicted octanol–water partition coefficient (Wildman–Crippen LogP) is 1.47. The molecule has 0 aliphatic carbocycles. The number of piperazine rings is 1. The summed E-state index contributed by atoms with van der Waals surface area (Å²) < 4.78 is 10.7. The van der Waals surface area contributed by atoms with Crippen LogP contribution in [-0.2, 0) is 0 Å². The first-order valence-corrected chi connectivity index (χ1v) is 12.4. The Morgan fingerprint density at radius 1 is 1.06 bits per heavy atom. The van der Waals surface area contributed by atoms with Crippen LogP contribution in [0.2, 0.25) is 0 Å². The van der Waals surface area contributed by atoms with E-state index in [4.69, 9.17) is 9.47 Å². The number of nitrogens with zero attached hydrogens (tertiary/aromatic N) is 5. The van der Waals surface area contributed by atoms with Crippen molar-refractivity contribution in [1.29, 1.82) is 0 Å². The second-order valence-electron chi connectivity index (χ2n) is 9.81. The number of ether oxygens (including phenoxy) is 2. The van der Waals surface area contributed by atoms with Crippen LogP contribution in [0.15, 0.2) is 36.7 Å². The number of hydrogen-bond acceptors (Lipinski definition) is 8. The third-order valence-electron chi connectivity index (χ3n) is 7.85. The van der Waals surface area contributed by atoms with Crippen molar-refractivity contribution in [2.45, 2.75) is 18.9 Å². The molecular weight excluding hydrogens is 432 g/mol. The van der Waals surface area contributed by atoms with Gasteiger partial charge in [-0.25, -0.2) is 9.97 Å². The van der Waals surface area contributed by atoms with Crippen molar-refractivity contribution < 1.29 is 14.3 Å². The van der Waals surface area contributed by atoms with Gasteiger partial charge in [-0.05, 0) is 55.5 Å². The van der Waals surface area contributed by atoms with Crippen molar-refractivity contribution in [3.05, 3.63) is 42.2 Å². The van der Waals surface area contributed by atoms with E-state index < -0.39 is 0 Å². The minimum atomic E-state index is -0.0437. The maximum Gasteiger partial charge on any atom is 0.251 e. The molecule has 9 heteroatoms. The zero-order valence-corrected chi connectivity index (χ0v) is 19.4. The average Bonchev–Trinajstić information content (AvgIpc) is 3.37. The molecule has 4 atom stereocenters. The minimum Gasteiger partial charge on any atom is -0.454 e.